The summed E-state index contributed by atoms with van der Waals surface area (Å²) in [5, 5.41) is 0. The number of rotatable bonds is 5. The lowest BCUT2D eigenvalue weighted by Gasteiger charge is -2.10. The Bertz CT molecular complexity index is 1240. The molecule has 0 spiro atoms. The zero-order valence-electron chi connectivity index (χ0n) is 15.6. The van der Waals surface area contributed by atoms with Crippen LogP contribution in [-0.4, -0.2) is 23.7 Å². The first-order valence-electron chi connectivity index (χ1n) is 8.78. The standard InChI is InChI=1S/C20H19N5O3/c1-23-17-16(18(26)24(2)20(23)27)25(12-15-9-6-10-21-11-15)19(22-17)28-13-14-7-4-3-5-8-14/h3-11H,12-13H2,1-2H3. The molecular weight excluding hydrogens is 358 g/mol. The van der Waals surface area contributed by atoms with Crippen LogP contribution < -0.4 is 16.0 Å². The second kappa shape index (κ2) is 7.15. The van der Waals surface area contributed by atoms with Gasteiger partial charge >= 0.3 is 5.69 Å². The highest BCUT2D eigenvalue weighted by atomic mass is 16.5. The van der Waals surface area contributed by atoms with Gasteiger partial charge in [0, 0.05) is 26.5 Å². The summed E-state index contributed by atoms with van der Waals surface area (Å²) < 4.78 is 10.1. The third-order valence-corrected chi connectivity index (χ3v) is 4.59. The fourth-order valence-electron chi connectivity index (χ4n) is 3.08. The number of fused-ring (bicyclic) bond motifs is 1. The molecule has 0 bridgehead atoms. The minimum Gasteiger partial charge on any atom is -0.460 e. The van der Waals surface area contributed by atoms with Gasteiger partial charge in [-0.05, 0) is 17.2 Å². The summed E-state index contributed by atoms with van der Waals surface area (Å²) in [5.41, 5.74) is 1.63. The molecule has 0 unspecified atom stereocenters. The van der Waals surface area contributed by atoms with Gasteiger partial charge in [0.15, 0.2) is 11.2 Å². The van der Waals surface area contributed by atoms with Crippen LogP contribution in [0.5, 0.6) is 6.01 Å². The van der Waals surface area contributed by atoms with E-state index in [0.29, 0.717) is 24.3 Å². The number of hydrogen-bond donors (Lipinski definition) is 0. The zero-order chi connectivity index (χ0) is 19.7. The van der Waals surface area contributed by atoms with Crippen molar-refractivity contribution in [2.75, 3.05) is 0 Å². The highest BCUT2D eigenvalue weighted by Gasteiger charge is 2.20. The van der Waals surface area contributed by atoms with Crippen molar-refractivity contribution in [1.29, 1.82) is 0 Å². The summed E-state index contributed by atoms with van der Waals surface area (Å²) in [5.74, 6) is 0. The third-order valence-electron chi connectivity index (χ3n) is 4.59. The highest BCUT2D eigenvalue weighted by Crippen LogP contribution is 2.20. The van der Waals surface area contributed by atoms with E-state index in [-0.39, 0.29) is 6.01 Å². The summed E-state index contributed by atoms with van der Waals surface area (Å²) >= 11 is 0. The average molecular weight is 377 g/mol. The maximum absolute atomic E-state index is 12.8. The number of pyridine rings is 1. The van der Waals surface area contributed by atoms with Crippen molar-refractivity contribution in [3.8, 4) is 6.01 Å². The van der Waals surface area contributed by atoms with E-state index in [1.165, 1.54) is 11.6 Å². The summed E-state index contributed by atoms with van der Waals surface area (Å²) in [4.78, 5) is 33.7. The quantitative estimate of drug-likeness (QED) is 0.526. The molecule has 8 heteroatoms. The van der Waals surface area contributed by atoms with Gasteiger partial charge in [0.05, 0.1) is 6.54 Å². The van der Waals surface area contributed by atoms with E-state index >= 15 is 0 Å². The highest BCUT2D eigenvalue weighted by molar-refractivity contribution is 5.72. The normalized spacial score (nSPS) is 11.1. The molecule has 3 aromatic heterocycles. The Morgan fingerprint density at radius 1 is 0.964 bits per heavy atom. The van der Waals surface area contributed by atoms with Crippen LogP contribution in [0.3, 0.4) is 0 Å². The van der Waals surface area contributed by atoms with Crippen molar-refractivity contribution < 1.29 is 4.74 Å². The van der Waals surface area contributed by atoms with E-state index in [1.54, 1.807) is 24.0 Å². The third kappa shape index (κ3) is 3.09. The number of nitrogens with zero attached hydrogens (tertiary/aromatic N) is 5. The lowest BCUT2D eigenvalue weighted by Crippen LogP contribution is -2.37. The molecule has 0 saturated carbocycles. The van der Waals surface area contributed by atoms with Crippen LogP contribution in [0.4, 0.5) is 0 Å². The summed E-state index contributed by atoms with van der Waals surface area (Å²) in [6.07, 6.45) is 3.41. The van der Waals surface area contributed by atoms with E-state index in [1.807, 2.05) is 42.5 Å². The molecule has 4 rings (SSSR count). The van der Waals surface area contributed by atoms with Crippen molar-refractivity contribution in [1.82, 2.24) is 23.7 Å². The monoisotopic (exact) mass is 377 g/mol. The Labute approximate surface area is 160 Å². The topological polar surface area (TPSA) is 83.9 Å². The van der Waals surface area contributed by atoms with Crippen molar-refractivity contribution in [3.05, 3.63) is 86.8 Å². The van der Waals surface area contributed by atoms with Gasteiger partial charge in [0.1, 0.15) is 6.61 Å². The molecule has 0 saturated heterocycles. The zero-order valence-corrected chi connectivity index (χ0v) is 15.6. The molecule has 0 aliphatic heterocycles. The number of hydrogen-bond acceptors (Lipinski definition) is 5. The Balaban J connectivity index is 1.86. The van der Waals surface area contributed by atoms with Crippen LogP contribution in [0, 0.1) is 0 Å². The second-order valence-electron chi connectivity index (χ2n) is 6.49. The first-order chi connectivity index (χ1) is 13.6. The molecule has 0 radical (unpaired) electrons. The van der Waals surface area contributed by atoms with Gasteiger partial charge in [-0.2, -0.15) is 4.98 Å². The molecule has 0 N–H and O–H groups in total. The molecule has 0 aliphatic carbocycles. The molecular formula is C20H19N5O3. The molecule has 3 heterocycles. The largest absolute Gasteiger partial charge is 0.460 e. The van der Waals surface area contributed by atoms with Crippen LogP contribution in [0.15, 0.2) is 64.4 Å². The lowest BCUT2D eigenvalue weighted by atomic mass is 10.2. The van der Waals surface area contributed by atoms with E-state index in [0.717, 1.165) is 15.7 Å². The number of benzene rings is 1. The summed E-state index contributed by atoms with van der Waals surface area (Å²) in [6.45, 7) is 0.646. The van der Waals surface area contributed by atoms with Gasteiger partial charge in [-0.3, -0.25) is 23.5 Å². The average Bonchev–Trinajstić information content (AvgIpc) is 3.09. The van der Waals surface area contributed by atoms with Gasteiger partial charge in [-0.1, -0.05) is 36.4 Å². The minimum absolute atomic E-state index is 0.279. The Morgan fingerprint density at radius 2 is 1.71 bits per heavy atom. The smallest absolute Gasteiger partial charge is 0.332 e. The molecule has 28 heavy (non-hydrogen) atoms. The number of aromatic nitrogens is 5. The van der Waals surface area contributed by atoms with Crippen LogP contribution in [0.2, 0.25) is 0 Å². The van der Waals surface area contributed by atoms with Gasteiger partial charge in [-0.15, -0.1) is 0 Å². The molecule has 0 atom stereocenters. The minimum atomic E-state index is -0.432. The Hall–Kier alpha value is -3.68. The van der Waals surface area contributed by atoms with Crippen LogP contribution in [-0.2, 0) is 27.2 Å². The molecule has 4 aromatic rings. The fourth-order valence-corrected chi connectivity index (χ4v) is 3.08. The summed E-state index contributed by atoms with van der Waals surface area (Å²) in [7, 11) is 3.04. The molecule has 1 aromatic carbocycles. The number of imidazole rings is 1. The summed E-state index contributed by atoms with van der Waals surface area (Å²) in [6, 6.07) is 13.7. The van der Waals surface area contributed by atoms with Crippen molar-refractivity contribution in [3.63, 3.8) is 0 Å². The van der Waals surface area contributed by atoms with Crippen LogP contribution in [0.1, 0.15) is 11.1 Å². The van der Waals surface area contributed by atoms with E-state index < -0.39 is 11.2 Å². The fraction of sp³-hybridized carbons (Fsp3) is 0.200. The first-order valence-corrected chi connectivity index (χ1v) is 8.78. The molecule has 0 fully saturated rings. The molecule has 0 amide bonds. The van der Waals surface area contributed by atoms with E-state index in [9.17, 15) is 9.59 Å². The lowest BCUT2D eigenvalue weighted by molar-refractivity contribution is 0.270. The van der Waals surface area contributed by atoms with Crippen LogP contribution >= 0.6 is 0 Å². The predicted molar refractivity (Wildman–Crippen MR) is 104 cm³/mol. The Kier molecular flexibility index (Phi) is 4.52. The maximum Gasteiger partial charge on any atom is 0.332 e. The maximum atomic E-state index is 12.8. The van der Waals surface area contributed by atoms with Crippen molar-refractivity contribution in [2.45, 2.75) is 13.2 Å². The van der Waals surface area contributed by atoms with Gasteiger partial charge in [0.2, 0.25) is 0 Å². The predicted octanol–water partition coefficient (Wildman–Crippen LogP) is 1.46. The van der Waals surface area contributed by atoms with Crippen molar-refractivity contribution in [2.24, 2.45) is 14.1 Å². The van der Waals surface area contributed by atoms with E-state index in [2.05, 4.69) is 9.97 Å². The SMILES string of the molecule is Cn1c(=O)c2c(nc(OCc3ccccc3)n2Cc2cccnc2)n(C)c1=O. The van der Waals surface area contributed by atoms with Gasteiger partial charge < -0.3 is 4.74 Å². The van der Waals surface area contributed by atoms with Crippen molar-refractivity contribution >= 4 is 11.2 Å². The second-order valence-corrected chi connectivity index (χ2v) is 6.49. The Morgan fingerprint density at radius 3 is 2.43 bits per heavy atom. The van der Waals surface area contributed by atoms with Gasteiger partial charge in [-0.25, -0.2) is 4.79 Å². The molecule has 142 valence electrons. The van der Waals surface area contributed by atoms with E-state index in [4.69, 9.17) is 4.74 Å². The molecule has 8 nitrogen and oxygen atoms in total. The van der Waals surface area contributed by atoms with Crippen LogP contribution in [0.25, 0.3) is 11.2 Å². The molecule has 0 aliphatic rings. The number of aryl methyl sites for hydroxylation is 1. The number of ether oxygens (including phenoxy) is 1. The first kappa shape index (κ1) is 17.7. The van der Waals surface area contributed by atoms with Gasteiger partial charge in [0.25, 0.3) is 11.6 Å².